The first-order valence-electron chi connectivity index (χ1n) is 8.13. The summed E-state index contributed by atoms with van der Waals surface area (Å²) in [5.41, 5.74) is 3.91. The van der Waals surface area contributed by atoms with E-state index >= 15 is 0 Å². The van der Waals surface area contributed by atoms with Crippen LogP contribution in [0.4, 0.5) is 0 Å². The highest BCUT2D eigenvalue weighted by atomic mass is 16.5. The summed E-state index contributed by atoms with van der Waals surface area (Å²) in [6.45, 7) is 1.65. The van der Waals surface area contributed by atoms with Gasteiger partial charge in [-0.3, -0.25) is 0 Å². The maximum atomic E-state index is 10.6. The van der Waals surface area contributed by atoms with Crippen molar-refractivity contribution in [3.8, 4) is 11.5 Å². The van der Waals surface area contributed by atoms with Crippen LogP contribution in [0.1, 0.15) is 16.8 Å². The van der Waals surface area contributed by atoms with E-state index in [-0.39, 0.29) is 0 Å². The lowest BCUT2D eigenvalue weighted by molar-refractivity contribution is -0.139. The molecular weight excluding hydrogens is 330 g/mol. The standard InChI is InChI=1S/C21H19NO4/c1-14-3-9-18-16(11-14)6-8-17(22-18)7-4-15-5-10-19(20(12-15)25-2)26-13-21(23)24/h3-12H,13H2,1-2H3,(H,23,24)/b7-4+. The van der Waals surface area contributed by atoms with Crippen molar-refractivity contribution < 1.29 is 19.4 Å². The Balaban J connectivity index is 1.81. The number of aryl methyl sites for hydroxylation is 1. The van der Waals surface area contributed by atoms with Crippen LogP contribution in [0.5, 0.6) is 11.5 Å². The minimum absolute atomic E-state index is 0.395. The third-order valence-corrected chi connectivity index (χ3v) is 3.85. The number of carboxylic acids is 1. The van der Waals surface area contributed by atoms with Gasteiger partial charge in [-0.05, 0) is 48.9 Å². The molecule has 1 heterocycles. The number of hydrogen-bond donors (Lipinski definition) is 1. The first-order valence-corrected chi connectivity index (χ1v) is 8.13. The van der Waals surface area contributed by atoms with Crippen molar-refractivity contribution in [1.29, 1.82) is 0 Å². The van der Waals surface area contributed by atoms with Gasteiger partial charge >= 0.3 is 5.97 Å². The van der Waals surface area contributed by atoms with E-state index in [0.717, 1.165) is 22.2 Å². The summed E-state index contributed by atoms with van der Waals surface area (Å²) in [6.07, 6.45) is 3.84. The fraction of sp³-hybridized carbons (Fsp3) is 0.143. The van der Waals surface area contributed by atoms with E-state index in [9.17, 15) is 4.79 Å². The summed E-state index contributed by atoms with van der Waals surface area (Å²) >= 11 is 0. The predicted molar refractivity (Wildman–Crippen MR) is 102 cm³/mol. The number of rotatable bonds is 6. The normalized spacial score (nSPS) is 11.0. The molecule has 1 aromatic heterocycles. The average molecular weight is 349 g/mol. The number of carbonyl (C=O) groups is 1. The zero-order chi connectivity index (χ0) is 18.5. The number of aromatic nitrogens is 1. The molecule has 0 saturated carbocycles. The van der Waals surface area contributed by atoms with Crippen molar-refractivity contribution in [2.24, 2.45) is 0 Å². The van der Waals surface area contributed by atoms with E-state index in [4.69, 9.17) is 14.6 Å². The summed E-state index contributed by atoms with van der Waals surface area (Å²) in [4.78, 5) is 15.3. The number of hydrogen-bond acceptors (Lipinski definition) is 4. The van der Waals surface area contributed by atoms with Gasteiger partial charge in [0.1, 0.15) is 0 Å². The topological polar surface area (TPSA) is 68.7 Å². The molecule has 5 heteroatoms. The second kappa shape index (κ2) is 7.70. The molecule has 1 N–H and O–H groups in total. The van der Waals surface area contributed by atoms with Crippen LogP contribution in [-0.4, -0.2) is 29.8 Å². The van der Waals surface area contributed by atoms with Crippen LogP contribution in [0.3, 0.4) is 0 Å². The second-order valence-corrected chi connectivity index (χ2v) is 5.86. The lowest BCUT2D eigenvalue weighted by Gasteiger charge is -2.09. The number of nitrogens with zero attached hydrogens (tertiary/aromatic N) is 1. The van der Waals surface area contributed by atoms with E-state index in [1.54, 1.807) is 12.1 Å². The van der Waals surface area contributed by atoms with Crippen LogP contribution in [0.25, 0.3) is 23.1 Å². The summed E-state index contributed by atoms with van der Waals surface area (Å²) in [7, 11) is 1.52. The Morgan fingerprint density at radius 1 is 1.08 bits per heavy atom. The van der Waals surface area contributed by atoms with Gasteiger partial charge in [0.2, 0.25) is 0 Å². The number of aliphatic carboxylic acids is 1. The Labute approximate surface area is 151 Å². The smallest absolute Gasteiger partial charge is 0.341 e. The van der Waals surface area contributed by atoms with Crippen LogP contribution >= 0.6 is 0 Å². The minimum atomic E-state index is -1.03. The third-order valence-electron chi connectivity index (χ3n) is 3.85. The van der Waals surface area contributed by atoms with Crippen molar-refractivity contribution in [2.45, 2.75) is 6.92 Å². The second-order valence-electron chi connectivity index (χ2n) is 5.86. The summed E-state index contributed by atoms with van der Waals surface area (Å²) in [6, 6.07) is 15.5. The molecule has 2 aromatic carbocycles. The monoisotopic (exact) mass is 349 g/mol. The first kappa shape index (κ1) is 17.5. The van der Waals surface area contributed by atoms with Crippen molar-refractivity contribution in [3.05, 3.63) is 65.4 Å². The predicted octanol–water partition coefficient (Wildman–Crippen LogP) is 4.19. The molecule has 0 bridgehead atoms. The van der Waals surface area contributed by atoms with Crippen LogP contribution in [0.2, 0.25) is 0 Å². The van der Waals surface area contributed by atoms with E-state index < -0.39 is 12.6 Å². The van der Waals surface area contributed by atoms with E-state index in [2.05, 4.69) is 24.0 Å². The zero-order valence-corrected chi connectivity index (χ0v) is 14.6. The van der Waals surface area contributed by atoms with Gasteiger partial charge in [-0.25, -0.2) is 9.78 Å². The fourth-order valence-electron chi connectivity index (χ4n) is 2.58. The van der Waals surface area contributed by atoms with E-state index in [0.29, 0.717) is 11.5 Å². The van der Waals surface area contributed by atoms with Gasteiger partial charge in [0.15, 0.2) is 18.1 Å². The third kappa shape index (κ3) is 4.19. The molecule has 0 aliphatic heterocycles. The number of ether oxygens (including phenoxy) is 2. The molecule has 0 unspecified atom stereocenters. The van der Waals surface area contributed by atoms with Gasteiger partial charge in [-0.15, -0.1) is 0 Å². The van der Waals surface area contributed by atoms with Gasteiger partial charge in [0.25, 0.3) is 0 Å². The quantitative estimate of drug-likeness (QED) is 0.723. The Hall–Kier alpha value is -3.34. The fourth-order valence-corrected chi connectivity index (χ4v) is 2.58. The Morgan fingerprint density at radius 2 is 1.92 bits per heavy atom. The Kier molecular flexibility index (Phi) is 5.17. The van der Waals surface area contributed by atoms with Crippen molar-refractivity contribution in [2.75, 3.05) is 13.7 Å². The Bertz CT molecular complexity index is 979. The molecule has 0 spiro atoms. The van der Waals surface area contributed by atoms with Crippen LogP contribution in [0.15, 0.2) is 48.5 Å². The van der Waals surface area contributed by atoms with Crippen LogP contribution in [0, 0.1) is 6.92 Å². The number of pyridine rings is 1. The molecule has 26 heavy (non-hydrogen) atoms. The molecule has 0 radical (unpaired) electrons. The van der Waals surface area contributed by atoms with E-state index in [1.165, 1.54) is 12.7 Å². The average Bonchev–Trinajstić information content (AvgIpc) is 2.64. The molecule has 0 atom stereocenters. The number of fused-ring (bicyclic) bond motifs is 1. The maximum absolute atomic E-state index is 10.6. The molecule has 0 aliphatic rings. The Morgan fingerprint density at radius 3 is 2.69 bits per heavy atom. The molecule has 0 saturated heterocycles. The summed E-state index contributed by atoms with van der Waals surface area (Å²) in [5.74, 6) is -0.157. The van der Waals surface area contributed by atoms with Crippen LogP contribution in [-0.2, 0) is 4.79 Å². The molecule has 132 valence electrons. The van der Waals surface area contributed by atoms with Crippen LogP contribution < -0.4 is 9.47 Å². The van der Waals surface area contributed by atoms with Gasteiger partial charge in [0.05, 0.1) is 18.3 Å². The summed E-state index contributed by atoms with van der Waals surface area (Å²) in [5, 5.41) is 9.82. The molecule has 0 aliphatic carbocycles. The van der Waals surface area contributed by atoms with Crippen molar-refractivity contribution in [3.63, 3.8) is 0 Å². The molecular formula is C21H19NO4. The highest BCUT2D eigenvalue weighted by molar-refractivity contribution is 5.81. The summed E-state index contributed by atoms with van der Waals surface area (Å²) < 4.78 is 10.5. The molecule has 5 nitrogen and oxygen atoms in total. The van der Waals surface area contributed by atoms with Gasteiger partial charge in [-0.2, -0.15) is 0 Å². The van der Waals surface area contributed by atoms with E-state index in [1.807, 2.05) is 36.4 Å². The molecule has 3 aromatic rings. The van der Waals surface area contributed by atoms with Gasteiger partial charge < -0.3 is 14.6 Å². The minimum Gasteiger partial charge on any atom is -0.493 e. The molecule has 0 amide bonds. The lowest BCUT2D eigenvalue weighted by atomic mass is 10.1. The number of methoxy groups -OCH3 is 1. The van der Waals surface area contributed by atoms with Gasteiger partial charge in [0, 0.05) is 5.39 Å². The number of benzene rings is 2. The van der Waals surface area contributed by atoms with Gasteiger partial charge in [-0.1, -0.05) is 29.8 Å². The largest absolute Gasteiger partial charge is 0.493 e. The SMILES string of the molecule is COc1cc(/C=C/c2ccc3cc(C)ccc3n2)ccc1OCC(=O)O. The first-order chi connectivity index (χ1) is 12.5. The number of carboxylic acid groups (broad SMARTS) is 1. The highest BCUT2D eigenvalue weighted by Gasteiger charge is 2.07. The van der Waals surface area contributed by atoms with Crippen molar-refractivity contribution >= 4 is 29.0 Å². The highest BCUT2D eigenvalue weighted by Crippen LogP contribution is 2.28. The molecule has 3 rings (SSSR count). The molecule has 0 fully saturated rings. The lowest BCUT2D eigenvalue weighted by Crippen LogP contribution is -2.10. The zero-order valence-electron chi connectivity index (χ0n) is 14.6. The van der Waals surface area contributed by atoms with Crippen molar-refractivity contribution in [1.82, 2.24) is 4.98 Å². The maximum Gasteiger partial charge on any atom is 0.341 e.